The maximum atomic E-state index is 14.6. The van der Waals surface area contributed by atoms with E-state index in [9.17, 15) is 27.6 Å². The highest BCUT2D eigenvalue weighted by Gasteiger charge is 2.62. The van der Waals surface area contributed by atoms with Gasteiger partial charge in [0.25, 0.3) is 5.91 Å². The lowest BCUT2D eigenvalue weighted by Crippen LogP contribution is -2.58. The number of thioether (sulfide) groups is 1. The van der Waals surface area contributed by atoms with Gasteiger partial charge in [-0.05, 0) is 94.2 Å². The van der Waals surface area contributed by atoms with E-state index in [-0.39, 0.29) is 42.8 Å². The molecule has 4 amide bonds. The van der Waals surface area contributed by atoms with Crippen LogP contribution in [-0.2, 0) is 29.1 Å². The minimum absolute atomic E-state index is 0.00910. The van der Waals surface area contributed by atoms with Crippen LogP contribution in [0.15, 0.2) is 41.1 Å². The Morgan fingerprint density at radius 1 is 1.11 bits per heavy atom. The molecule has 5 atom stereocenters. The van der Waals surface area contributed by atoms with Gasteiger partial charge in [0.1, 0.15) is 47.0 Å². The number of sulfonamides is 1. The fourth-order valence-corrected chi connectivity index (χ4v) is 9.76. The molecule has 2 saturated heterocycles. The fraction of sp³-hybridized carbons (Fsp3) is 0.579. The summed E-state index contributed by atoms with van der Waals surface area (Å²) in [6.07, 6.45) is 5.68. The van der Waals surface area contributed by atoms with Gasteiger partial charge in [0, 0.05) is 17.6 Å². The number of pyridine rings is 1. The number of hydrogen-bond acceptors (Lipinski definition) is 13. The summed E-state index contributed by atoms with van der Waals surface area (Å²) >= 11 is 1.51. The Hall–Kier alpha value is -4.58. The molecular weight excluding hydrogens is 765 g/mol. The zero-order chi connectivity index (χ0) is 39.8. The van der Waals surface area contributed by atoms with E-state index in [1.807, 2.05) is 6.07 Å². The van der Waals surface area contributed by atoms with Crippen LogP contribution in [0.5, 0.6) is 11.6 Å². The molecule has 0 bridgehead atoms. The van der Waals surface area contributed by atoms with Crippen LogP contribution >= 0.6 is 11.8 Å². The van der Waals surface area contributed by atoms with E-state index in [0.717, 1.165) is 24.6 Å². The molecule has 1 aromatic carbocycles. The van der Waals surface area contributed by atoms with Crippen LogP contribution in [0.3, 0.4) is 0 Å². The van der Waals surface area contributed by atoms with Crippen LogP contribution in [0.4, 0.5) is 4.79 Å². The van der Waals surface area contributed by atoms with Crippen molar-refractivity contribution in [3.8, 4) is 23.2 Å². The lowest BCUT2D eigenvalue weighted by molar-refractivity contribution is -0.140. The van der Waals surface area contributed by atoms with Gasteiger partial charge in [-0.25, -0.2) is 23.2 Å². The number of aromatic nitrogens is 2. The lowest BCUT2D eigenvalue weighted by atomic mass is 10.1. The first kappa shape index (κ1) is 39.6. The van der Waals surface area contributed by atoms with Crippen LogP contribution < -0.4 is 24.8 Å². The number of benzene rings is 1. The molecule has 7 rings (SSSR count). The summed E-state index contributed by atoms with van der Waals surface area (Å²) in [6.45, 7) is 5.11. The van der Waals surface area contributed by atoms with Crippen molar-refractivity contribution in [2.24, 2.45) is 5.92 Å². The minimum atomic E-state index is -3.89. The normalized spacial score (nSPS) is 26.2. The number of oxazole rings is 1. The highest BCUT2D eigenvalue weighted by molar-refractivity contribution is 7.99. The molecule has 4 aliphatic rings. The molecule has 16 nitrogen and oxygen atoms in total. The average Bonchev–Trinajstić information content (AvgIpc) is 4.00. The molecule has 2 aliphatic carbocycles. The Kier molecular flexibility index (Phi) is 11.2. The molecule has 2 aliphatic heterocycles. The average molecular weight is 813 g/mol. The number of nitrogens with one attached hydrogen (secondary N) is 3. The number of ether oxygens (including phenoxy) is 3. The van der Waals surface area contributed by atoms with Gasteiger partial charge in [0.2, 0.25) is 33.6 Å². The third-order valence-electron chi connectivity index (χ3n) is 10.5. The van der Waals surface area contributed by atoms with Gasteiger partial charge in [0.05, 0.1) is 25.1 Å². The predicted molar refractivity (Wildman–Crippen MR) is 206 cm³/mol. The zero-order valence-electron chi connectivity index (χ0n) is 31.9. The van der Waals surface area contributed by atoms with E-state index in [4.69, 9.17) is 23.6 Å². The molecule has 4 fully saturated rings. The summed E-state index contributed by atoms with van der Waals surface area (Å²) in [4.78, 5) is 66.2. The molecule has 0 spiro atoms. The monoisotopic (exact) mass is 812 g/mol. The van der Waals surface area contributed by atoms with Crippen molar-refractivity contribution >= 4 is 56.4 Å². The Bertz CT molecular complexity index is 2090. The molecule has 2 aromatic heterocycles. The zero-order valence-corrected chi connectivity index (χ0v) is 33.5. The molecule has 18 heteroatoms. The number of carbonyl (C=O) groups excluding carboxylic acids is 4. The summed E-state index contributed by atoms with van der Waals surface area (Å²) in [7, 11) is -2.33. The summed E-state index contributed by atoms with van der Waals surface area (Å²) in [5.74, 6) is -0.169. The number of nitrogens with zero attached hydrogens (tertiary/aromatic N) is 3. The first-order valence-electron chi connectivity index (χ1n) is 19.0. The van der Waals surface area contributed by atoms with E-state index in [1.54, 1.807) is 46.1 Å². The molecule has 56 heavy (non-hydrogen) atoms. The fourth-order valence-electron chi connectivity index (χ4n) is 7.36. The highest BCUT2D eigenvalue weighted by Crippen LogP contribution is 2.48. The number of amides is 4. The maximum absolute atomic E-state index is 14.6. The first-order chi connectivity index (χ1) is 26.7. The van der Waals surface area contributed by atoms with E-state index < -0.39 is 68.4 Å². The molecule has 3 N–H and O–H groups in total. The third-order valence-corrected chi connectivity index (χ3v) is 13.4. The smallest absolute Gasteiger partial charge is 0.408 e. The van der Waals surface area contributed by atoms with Crippen molar-refractivity contribution in [3.63, 3.8) is 0 Å². The largest absolute Gasteiger partial charge is 0.497 e. The van der Waals surface area contributed by atoms with Gasteiger partial charge in [0.15, 0.2) is 0 Å². The Morgan fingerprint density at radius 2 is 1.91 bits per heavy atom. The third kappa shape index (κ3) is 8.85. The Morgan fingerprint density at radius 3 is 2.62 bits per heavy atom. The summed E-state index contributed by atoms with van der Waals surface area (Å²) < 4.78 is 51.1. The first-order valence-corrected chi connectivity index (χ1v) is 21.7. The second-order valence-corrected chi connectivity index (χ2v) is 19.0. The molecule has 0 radical (unpaired) electrons. The van der Waals surface area contributed by atoms with Crippen LogP contribution in [-0.4, -0.2) is 107 Å². The summed E-state index contributed by atoms with van der Waals surface area (Å²) in [5, 5.41) is 6.38. The predicted octanol–water partition coefficient (Wildman–Crippen LogP) is 3.93. The van der Waals surface area contributed by atoms with Gasteiger partial charge < -0.3 is 34.2 Å². The van der Waals surface area contributed by atoms with Crippen molar-refractivity contribution in [1.82, 2.24) is 30.2 Å². The van der Waals surface area contributed by atoms with Crippen LogP contribution in [0.2, 0.25) is 0 Å². The van der Waals surface area contributed by atoms with Gasteiger partial charge >= 0.3 is 6.09 Å². The van der Waals surface area contributed by atoms with Gasteiger partial charge in [-0.15, -0.1) is 0 Å². The number of carbonyl (C=O) groups is 4. The van der Waals surface area contributed by atoms with E-state index in [1.165, 1.54) is 29.1 Å². The van der Waals surface area contributed by atoms with Crippen molar-refractivity contribution in [1.29, 1.82) is 0 Å². The summed E-state index contributed by atoms with van der Waals surface area (Å²) in [6, 6.07) is 4.97. The number of methoxy groups -OCH3 is 1. The molecule has 1 unspecified atom stereocenters. The van der Waals surface area contributed by atoms with E-state index in [2.05, 4.69) is 20.3 Å². The standard InChI is InChI=1S/C38H48N6O10S2/c1-37(2,3)54-36(48)41-29-21-55-15-7-5-6-8-23-19-38(23,35(47)43-56(49,50)26-10-11-26)42-31(45)30-18-25(20-44(30)34(29)46)53-32-27-12-9-24(51-4)16-22(27)17-28(40-32)33-39-13-14-52-33/h9,12-14,16-17,23,25-26,29-30H,5-8,10-11,15,18-21H2,1-4H3,(H,41,48)(H,42,45)(H,43,47)/t23-,25?,29+,30+,38-/m1/s1. The summed E-state index contributed by atoms with van der Waals surface area (Å²) in [5.41, 5.74) is -1.88. The molecule has 3 aromatic rings. The molecule has 302 valence electrons. The van der Waals surface area contributed by atoms with E-state index in [0.29, 0.717) is 41.8 Å². The van der Waals surface area contributed by atoms with Gasteiger partial charge in [-0.3, -0.25) is 19.1 Å². The highest BCUT2D eigenvalue weighted by atomic mass is 32.2. The maximum Gasteiger partial charge on any atom is 0.408 e. The molecule has 2 saturated carbocycles. The van der Waals surface area contributed by atoms with Crippen molar-refractivity contribution in [3.05, 3.63) is 36.7 Å². The Labute approximate surface area is 329 Å². The lowest BCUT2D eigenvalue weighted by Gasteiger charge is -2.30. The molecule has 4 heterocycles. The van der Waals surface area contributed by atoms with Gasteiger partial charge in [-0.2, -0.15) is 11.8 Å². The van der Waals surface area contributed by atoms with Gasteiger partial charge in [-0.1, -0.05) is 12.8 Å². The second kappa shape index (κ2) is 15.8. The number of fused-ring (bicyclic) bond motifs is 3. The number of rotatable bonds is 8. The second-order valence-electron chi connectivity index (χ2n) is 15.9. The van der Waals surface area contributed by atoms with Crippen molar-refractivity contribution in [2.75, 3.05) is 25.2 Å². The topological polar surface area (TPSA) is 208 Å². The SMILES string of the molecule is COc1ccc2c(OC3C[C@H]4C(=O)N[C@]5(C(=O)NS(=O)(=O)C6CC6)C[C@H]5CCCCCSC[C@H](NC(=O)OC(C)(C)C)C(=O)N4C3)nc(-c3ncco3)cc2c1. The number of alkyl carbamates (subject to hydrolysis) is 1. The number of hydrogen-bond donors (Lipinski definition) is 3. The van der Waals surface area contributed by atoms with E-state index >= 15 is 0 Å². The van der Waals surface area contributed by atoms with Crippen molar-refractivity contribution in [2.45, 2.75) is 107 Å². The van der Waals surface area contributed by atoms with Crippen LogP contribution in [0.1, 0.15) is 72.1 Å². The van der Waals surface area contributed by atoms with Crippen molar-refractivity contribution < 1.29 is 46.2 Å². The molecular formula is C38H48N6O10S2. The van der Waals surface area contributed by atoms with Crippen LogP contribution in [0.25, 0.3) is 22.4 Å². The van der Waals surface area contributed by atoms with Crippen LogP contribution in [0, 0.1) is 5.92 Å². The quantitative estimate of drug-likeness (QED) is 0.295. The minimum Gasteiger partial charge on any atom is -0.497 e. The Balaban J connectivity index is 1.22.